The van der Waals surface area contributed by atoms with E-state index in [0.29, 0.717) is 13.0 Å². The number of unbranched alkanes of at least 4 members (excludes halogenated alkanes) is 2. The zero-order valence-corrected chi connectivity index (χ0v) is 13.9. The van der Waals surface area contributed by atoms with Crippen molar-refractivity contribution in [2.24, 2.45) is 0 Å². The molecule has 2 rings (SSSR count). The van der Waals surface area contributed by atoms with Gasteiger partial charge in [-0.15, -0.1) is 0 Å². The second-order valence-electron chi connectivity index (χ2n) is 5.79. The van der Waals surface area contributed by atoms with Crippen molar-refractivity contribution in [1.82, 2.24) is 0 Å². The number of benzene rings is 2. The van der Waals surface area contributed by atoms with Crippen molar-refractivity contribution < 1.29 is 14.7 Å². The molecule has 0 aliphatic rings. The Kier molecular flexibility index (Phi) is 6.55. The fourth-order valence-electron chi connectivity index (χ4n) is 2.66. The molecule has 24 heavy (non-hydrogen) atoms. The molecule has 0 atom stereocenters. The molecule has 0 heterocycles. The molecule has 4 heteroatoms. The maximum atomic E-state index is 11.9. The number of hydrogen-bond acceptors (Lipinski definition) is 2. The summed E-state index contributed by atoms with van der Waals surface area (Å²) in [4.78, 5) is 24.2. The molecular formula is C20H23NO3. The summed E-state index contributed by atoms with van der Waals surface area (Å²) in [6.45, 7) is 2.17. The van der Waals surface area contributed by atoms with Crippen LogP contribution in [0.5, 0.6) is 0 Å². The Morgan fingerprint density at radius 1 is 0.875 bits per heavy atom. The number of carboxylic acids is 1. The summed E-state index contributed by atoms with van der Waals surface area (Å²) in [5.74, 6) is -0.768. The van der Waals surface area contributed by atoms with Crippen molar-refractivity contribution in [3.05, 3.63) is 54.6 Å². The van der Waals surface area contributed by atoms with Gasteiger partial charge in [-0.05, 0) is 36.1 Å². The maximum Gasteiger partial charge on any atom is 0.303 e. The van der Waals surface area contributed by atoms with Gasteiger partial charge in [-0.2, -0.15) is 0 Å². The molecule has 4 nitrogen and oxygen atoms in total. The van der Waals surface area contributed by atoms with Gasteiger partial charge < -0.3 is 10.0 Å². The van der Waals surface area contributed by atoms with Gasteiger partial charge >= 0.3 is 5.97 Å². The molecule has 1 N–H and O–H groups in total. The van der Waals surface area contributed by atoms with Crippen LogP contribution in [0.3, 0.4) is 0 Å². The van der Waals surface area contributed by atoms with Gasteiger partial charge in [-0.1, -0.05) is 48.9 Å². The Bertz CT molecular complexity index is 665. The van der Waals surface area contributed by atoms with Crippen LogP contribution in [0.1, 0.15) is 32.6 Å². The van der Waals surface area contributed by atoms with Crippen LogP contribution >= 0.6 is 0 Å². The number of anilines is 1. The highest BCUT2D eigenvalue weighted by molar-refractivity contribution is 5.91. The Morgan fingerprint density at radius 2 is 1.50 bits per heavy atom. The maximum absolute atomic E-state index is 11.9. The number of aliphatic carboxylic acids is 1. The molecule has 0 bridgehead atoms. The first-order chi connectivity index (χ1) is 11.6. The average molecular weight is 325 g/mol. The average Bonchev–Trinajstić information content (AvgIpc) is 2.58. The van der Waals surface area contributed by atoms with E-state index in [9.17, 15) is 9.59 Å². The number of nitrogens with zero attached hydrogens (tertiary/aromatic N) is 1. The van der Waals surface area contributed by atoms with E-state index in [1.54, 1.807) is 11.8 Å². The predicted octanol–water partition coefficient (Wildman–Crippen LogP) is 4.35. The van der Waals surface area contributed by atoms with Gasteiger partial charge in [0.1, 0.15) is 0 Å². The lowest BCUT2D eigenvalue weighted by Gasteiger charge is -2.21. The third-order valence-corrected chi connectivity index (χ3v) is 3.94. The molecule has 0 aliphatic carbocycles. The second-order valence-corrected chi connectivity index (χ2v) is 5.79. The van der Waals surface area contributed by atoms with E-state index in [-0.39, 0.29) is 12.3 Å². The number of carbonyl (C=O) groups is 2. The molecule has 0 aliphatic heterocycles. The Morgan fingerprint density at radius 3 is 2.08 bits per heavy atom. The van der Waals surface area contributed by atoms with Gasteiger partial charge in [-0.25, -0.2) is 0 Å². The van der Waals surface area contributed by atoms with Gasteiger partial charge in [0.05, 0.1) is 0 Å². The van der Waals surface area contributed by atoms with Crippen LogP contribution in [0, 0.1) is 0 Å². The van der Waals surface area contributed by atoms with E-state index in [0.717, 1.165) is 29.7 Å². The van der Waals surface area contributed by atoms with Gasteiger partial charge in [0.25, 0.3) is 0 Å². The van der Waals surface area contributed by atoms with E-state index < -0.39 is 5.97 Å². The van der Waals surface area contributed by atoms with Gasteiger partial charge in [0.2, 0.25) is 5.91 Å². The van der Waals surface area contributed by atoms with Crippen LogP contribution < -0.4 is 4.90 Å². The summed E-state index contributed by atoms with van der Waals surface area (Å²) in [6.07, 6.45) is 2.44. The molecule has 0 aromatic heterocycles. The van der Waals surface area contributed by atoms with Gasteiger partial charge in [0.15, 0.2) is 0 Å². The highest BCUT2D eigenvalue weighted by Crippen LogP contribution is 2.23. The zero-order valence-electron chi connectivity index (χ0n) is 13.9. The summed E-state index contributed by atoms with van der Waals surface area (Å²) in [5.41, 5.74) is 3.14. The van der Waals surface area contributed by atoms with E-state index in [4.69, 9.17) is 5.11 Å². The molecule has 2 aromatic carbocycles. The smallest absolute Gasteiger partial charge is 0.303 e. The Balaban J connectivity index is 1.98. The molecule has 0 saturated heterocycles. The van der Waals surface area contributed by atoms with E-state index in [2.05, 4.69) is 12.1 Å². The first-order valence-corrected chi connectivity index (χ1v) is 8.23. The summed E-state index contributed by atoms with van der Waals surface area (Å²) < 4.78 is 0. The van der Waals surface area contributed by atoms with Gasteiger partial charge in [-0.3, -0.25) is 9.59 Å². The lowest BCUT2D eigenvalue weighted by Crippen LogP contribution is -2.29. The first-order valence-electron chi connectivity index (χ1n) is 8.23. The van der Waals surface area contributed by atoms with Crippen molar-refractivity contribution in [2.75, 3.05) is 11.4 Å². The molecule has 0 saturated carbocycles. The zero-order chi connectivity index (χ0) is 17.4. The Hall–Kier alpha value is -2.62. The Labute approximate surface area is 142 Å². The van der Waals surface area contributed by atoms with Crippen molar-refractivity contribution in [3.63, 3.8) is 0 Å². The van der Waals surface area contributed by atoms with Crippen molar-refractivity contribution in [1.29, 1.82) is 0 Å². The summed E-state index contributed by atoms with van der Waals surface area (Å²) in [5, 5.41) is 8.64. The monoisotopic (exact) mass is 325 g/mol. The number of carboxylic acid groups (broad SMARTS) is 1. The first kappa shape index (κ1) is 17.7. The lowest BCUT2D eigenvalue weighted by molar-refractivity contribution is -0.137. The van der Waals surface area contributed by atoms with Gasteiger partial charge in [0, 0.05) is 25.6 Å². The van der Waals surface area contributed by atoms with Crippen molar-refractivity contribution in [2.45, 2.75) is 32.6 Å². The highest BCUT2D eigenvalue weighted by Gasteiger charge is 2.11. The standard InChI is InChI=1S/C20H23NO3/c1-16(22)21(15-7-3-6-10-20(23)24)19-13-11-18(12-14-19)17-8-4-2-5-9-17/h2,4-5,8-9,11-14H,3,6-7,10,15H2,1H3,(H,23,24). The number of hydrogen-bond donors (Lipinski definition) is 1. The van der Waals surface area contributed by atoms with E-state index in [1.807, 2.05) is 42.5 Å². The molecule has 0 radical (unpaired) electrons. The van der Waals surface area contributed by atoms with Crippen LogP contribution in [-0.2, 0) is 9.59 Å². The molecule has 1 amide bonds. The van der Waals surface area contributed by atoms with Crippen molar-refractivity contribution >= 4 is 17.6 Å². The largest absolute Gasteiger partial charge is 0.481 e. The SMILES string of the molecule is CC(=O)N(CCCCCC(=O)O)c1ccc(-c2ccccc2)cc1. The topological polar surface area (TPSA) is 57.6 Å². The summed E-state index contributed by atoms with van der Waals surface area (Å²) in [6, 6.07) is 18.1. The quantitative estimate of drug-likeness (QED) is 0.734. The fraction of sp³-hybridized carbons (Fsp3) is 0.300. The van der Waals surface area contributed by atoms with E-state index in [1.165, 1.54) is 0 Å². The third-order valence-electron chi connectivity index (χ3n) is 3.94. The minimum Gasteiger partial charge on any atom is -0.481 e. The molecule has 0 fully saturated rings. The molecule has 0 unspecified atom stereocenters. The van der Waals surface area contributed by atoms with Crippen LogP contribution in [0.25, 0.3) is 11.1 Å². The summed E-state index contributed by atoms with van der Waals surface area (Å²) in [7, 11) is 0. The molecular weight excluding hydrogens is 302 g/mol. The van der Waals surface area contributed by atoms with Crippen LogP contribution in [0.2, 0.25) is 0 Å². The van der Waals surface area contributed by atoms with Crippen LogP contribution in [-0.4, -0.2) is 23.5 Å². The molecule has 2 aromatic rings. The minimum absolute atomic E-state index is 0.000644. The third kappa shape index (κ3) is 5.23. The van der Waals surface area contributed by atoms with E-state index >= 15 is 0 Å². The number of amides is 1. The van der Waals surface area contributed by atoms with Crippen molar-refractivity contribution in [3.8, 4) is 11.1 Å². The number of rotatable bonds is 8. The fourth-order valence-corrected chi connectivity index (χ4v) is 2.66. The molecule has 126 valence electrons. The highest BCUT2D eigenvalue weighted by atomic mass is 16.4. The summed E-state index contributed by atoms with van der Waals surface area (Å²) >= 11 is 0. The lowest BCUT2D eigenvalue weighted by atomic mass is 10.1. The van der Waals surface area contributed by atoms with Crippen LogP contribution in [0.15, 0.2) is 54.6 Å². The predicted molar refractivity (Wildman–Crippen MR) is 96.0 cm³/mol. The minimum atomic E-state index is -0.769. The molecule has 0 spiro atoms. The second kappa shape index (κ2) is 8.87. The van der Waals surface area contributed by atoms with Crippen LogP contribution in [0.4, 0.5) is 5.69 Å². The normalized spacial score (nSPS) is 10.4. The number of carbonyl (C=O) groups excluding carboxylic acids is 1.